The molecule has 3 aromatic carbocycles. The van der Waals surface area contributed by atoms with Gasteiger partial charge < -0.3 is 10.1 Å². The van der Waals surface area contributed by atoms with Crippen molar-refractivity contribution in [1.29, 1.82) is 0 Å². The second kappa shape index (κ2) is 8.23. The van der Waals surface area contributed by atoms with Gasteiger partial charge in [-0.05, 0) is 23.3 Å². The number of nitrogens with zero attached hydrogens (tertiary/aromatic N) is 2. The highest BCUT2D eigenvalue weighted by Gasteiger charge is 2.42. The van der Waals surface area contributed by atoms with Gasteiger partial charge in [-0.1, -0.05) is 66.7 Å². The van der Waals surface area contributed by atoms with Gasteiger partial charge in [-0.2, -0.15) is 0 Å². The number of allylic oxidation sites excluding steroid dienone is 1. The number of hydrogen-bond acceptors (Lipinski definition) is 5. The first-order chi connectivity index (χ1) is 17.5. The van der Waals surface area contributed by atoms with Crippen molar-refractivity contribution in [3.05, 3.63) is 133 Å². The molecule has 6 rings (SSSR count). The van der Waals surface area contributed by atoms with Gasteiger partial charge in [0.15, 0.2) is 5.78 Å². The first kappa shape index (κ1) is 21.9. The summed E-state index contributed by atoms with van der Waals surface area (Å²) in [5, 5.41) is 3.26. The predicted octanol–water partition coefficient (Wildman–Crippen LogP) is 3.83. The third-order valence-corrected chi connectivity index (χ3v) is 6.94. The third kappa shape index (κ3) is 3.24. The molecule has 4 aromatic rings. The van der Waals surface area contributed by atoms with E-state index in [4.69, 9.17) is 4.74 Å². The molecular formula is C29H23N3O4. The molecule has 7 heteroatoms. The Morgan fingerprint density at radius 3 is 2.19 bits per heavy atom. The number of Topliss-reactive ketones (excluding diaryl/α,β-unsaturated/α-hetero) is 1. The summed E-state index contributed by atoms with van der Waals surface area (Å²) in [4.78, 5) is 39.7. The largest absolute Gasteiger partial charge is 0.489 e. The second-order valence-electron chi connectivity index (χ2n) is 9.03. The number of hydrogen-bond donors (Lipinski definition) is 1. The summed E-state index contributed by atoms with van der Waals surface area (Å²) in [6.45, 7) is 0.433. The summed E-state index contributed by atoms with van der Waals surface area (Å²) in [7, 11) is 3.08. The molecule has 7 nitrogen and oxygen atoms in total. The molecule has 1 atom stereocenters. The van der Waals surface area contributed by atoms with Crippen LogP contribution >= 0.6 is 0 Å². The summed E-state index contributed by atoms with van der Waals surface area (Å²) in [5.74, 6) is 0.329. The molecule has 2 aliphatic rings. The van der Waals surface area contributed by atoms with Crippen molar-refractivity contribution in [2.75, 3.05) is 5.32 Å². The van der Waals surface area contributed by atoms with Crippen LogP contribution < -0.4 is 21.3 Å². The van der Waals surface area contributed by atoms with Crippen LogP contribution in [0.2, 0.25) is 0 Å². The minimum absolute atomic E-state index is 0.121. The summed E-state index contributed by atoms with van der Waals surface area (Å²) in [6.07, 6.45) is 0. The van der Waals surface area contributed by atoms with Crippen LogP contribution in [0.15, 0.2) is 94.0 Å². The molecule has 0 saturated heterocycles. The maximum atomic E-state index is 13.6. The van der Waals surface area contributed by atoms with E-state index in [-0.39, 0.29) is 5.78 Å². The van der Waals surface area contributed by atoms with Gasteiger partial charge in [-0.3, -0.25) is 18.7 Å². The van der Waals surface area contributed by atoms with Crippen LogP contribution in [-0.2, 0) is 20.7 Å². The minimum atomic E-state index is -0.634. The van der Waals surface area contributed by atoms with Crippen molar-refractivity contribution in [3.8, 4) is 5.75 Å². The van der Waals surface area contributed by atoms with Crippen molar-refractivity contribution in [2.24, 2.45) is 14.1 Å². The molecule has 1 aliphatic carbocycles. The van der Waals surface area contributed by atoms with Crippen LogP contribution in [0, 0.1) is 0 Å². The molecule has 1 aromatic heterocycles. The Hall–Kier alpha value is -4.65. The normalized spacial score (nSPS) is 15.7. The van der Waals surface area contributed by atoms with E-state index in [1.165, 1.54) is 11.6 Å². The van der Waals surface area contributed by atoms with Crippen molar-refractivity contribution >= 4 is 17.3 Å². The zero-order chi connectivity index (χ0) is 25.0. The molecule has 0 saturated carbocycles. The molecule has 1 unspecified atom stereocenters. The SMILES string of the molecule is Cn1c2c(c(=O)n(C)c1=O)C(c1ccc(OCc3ccccc3)cc1)C1=C(N2)c2ccccc2C1=O. The first-order valence-electron chi connectivity index (χ1n) is 11.7. The van der Waals surface area contributed by atoms with Gasteiger partial charge in [0.2, 0.25) is 0 Å². The topological polar surface area (TPSA) is 82.3 Å². The molecule has 1 N–H and O–H groups in total. The highest BCUT2D eigenvalue weighted by molar-refractivity contribution is 6.23. The summed E-state index contributed by atoms with van der Waals surface area (Å²) < 4.78 is 8.45. The number of fused-ring (bicyclic) bond motifs is 3. The maximum absolute atomic E-state index is 13.6. The van der Waals surface area contributed by atoms with Gasteiger partial charge in [0.25, 0.3) is 5.56 Å². The lowest BCUT2D eigenvalue weighted by atomic mass is 9.81. The van der Waals surface area contributed by atoms with Gasteiger partial charge in [-0.15, -0.1) is 0 Å². The van der Waals surface area contributed by atoms with Crippen LogP contribution in [0.1, 0.15) is 38.5 Å². The summed E-state index contributed by atoms with van der Waals surface area (Å²) in [6, 6.07) is 24.7. The molecule has 36 heavy (non-hydrogen) atoms. The second-order valence-corrected chi connectivity index (χ2v) is 9.03. The Bertz CT molecular complexity index is 1680. The molecular weight excluding hydrogens is 454 g/mol. The van der Waals surface area contributed by atoms with E-state index >= 15 is 0 Å². The van der Waals surface area contributed by atoms with Gasteiger partial charge in [0, 0.05) is 36.7 Å². The number of anilines is 1. The molecule has 0 fully saturated rings. The zero-order valence-electron chi connectivity index (χ0n) is 19.8. The van der Waals surface area contributed by atoms with Crippen LogP contribution in [-0.4, -0.2) is 14.9 Å². The molecule has 0 radical (unpaired) electrons. The number of carbonyl (C=O) groups is 1. The average Bonchev–Trinajstić information content (AvgIpc) is 3.21. The lowest BCUT2D eigenvalue weighted by Crippen LogP contribution is -2.42. The number of rotatable bonds is 4. The highest BCUT2D eigenvalue weighted by atomic mass is 16.5. The fourth-order valence-corrected chi connectivity index (χ4v) is 5.09. The molecule has 1 aliphatic heterocycles. The van der Waals surface area contributed by atoms with E-state index in [2.05, 4.69) is 5.32 Å². The molecule has 0 bridgehead atoms. The number of ketones is 1. The Kier molecular flexibility index (Phi) is 5.00. The maximum Gasteiger partial charge on any atom is 0.332 e. The molecule has 0 spiro atoms. The van der Waals surface area contributed by atoms with E-state index in [0.29, 0.717) is 40.6 Å². The van der Waals surface area contributed by atoms with Crippen LogP contribution in [0.5, 0.6) is 5.75 Å². The van der Waals surface area contributed by atoms with Gasteiger partial charge in [0.1, 0.15) is 18.2 Å². The van der Waals surface area contributed by atoms with Gasteiger partial charge >= 0.3 is 5.69 Å². The standard InChI is InChI=1S/C29H23N3O4/c1-31-27-24(28(34)32(2)29(31)35)22(23-25(30-27)20-10-6-7-11-21(20)26(23)33)18-12-14-19(15-13-18)36-16-17-8-4-3-5-9-17/h3-15,22,30H,16H2,1-2H3. The predicted molar refractivity (Wildman–Crippen MR) is 137 cm³/mol. The van der Waals surface area contributed by atoms with E-state index in [1.807, 2.05) is 72.8 Å². The van der Waals surface area contributed by atoms with Crippen LogP contribution in [0.4, 0.5) is 5.82 Å². The van der Waals surface area contributed by atoms with Crippen molar-refractivity contribution in [3.63, 3.8) is 0 Å². The monoisotopic (exact) mass is 477 g/mol. The Labute approximate surface area is 206 Å². The molecule has 0 amide bonds. The smallest absolute Gasteiger partial charge is 0.332 e. The Balaban J connectivity index is 1.47. The number of nitrogens with one attached hydrogen (secondary N) is 1. The average molecular weight is 478 g/mol. The zero-order valence-corrected chi connectivity index (χ0v) is 19.8. The van der Waals surface area contributed by atoms with Crippen molar-refractivity contribution < 1.29 is 9.53 Å². The van der Waals surface area contributed by atoms with Gasteiger partial charge in [0.05, 0.1) is 11.3 Å². The lowest BCUT2D eigenvalue weighted by molar-refractivity contribution is 0.103. The Morgan fingerprint density at radius 2 is 1.47 bits per heavy atom. The number of benzene rings is 3. The van der Waals surface area contributed by atoms with Crippen LogP contribution in [0.25, 0.3) is 5.70 Å². The lowest BCUT2D eigenvalue weighted by Gasteiger charge is -2.29. The van der Waals surface area contributed by atoms with Crippen molar-refractivity contribution in [2.45, 2.75) is 12.5 Å². The third-order valence-electron chi connectivity index (χ3n) is 6.94. The number of ether oxygens (including phenoxy) is 1. The Morgan fingerprint density at radius 1 is 0.806 bits per heavy atom. The molecule has 2 heterocycles. The van der Waals surface area contributed by atoms with E-state index in [9.17, 15) is 14.4 Å². The number of aromatic nitrogens is 2. The van der Waals surface area contributed by atoms with E-state index < -0.39 is 17.2 Å². The van der Waals surface area contributed by atoms with E-state index in [1.54, 1.807) is 13.1 Å². The first-order valence-corrected chi connectivity index (χ1v) is 11.7. The van der Waals surface area contributed by atoms with Crippen LogP contribution in [0.3, 0.4) is 0 Å². The van der Waals surface area contributed by atoms with E-state index in [0.717, 1.165) is 21.3 Å². The highest BCUT2D eigenvalue weighted by Crippen LogP contribution is 2.47. The summed E-state index contributed by atoms with van der Waals surface area (Å²) in [5.41, 5.74) is 3.84. The van der Waals surface area contributed by atoms with Crippen molar-refractivity contribution in [1.82, 2.24) is 9.13 Å². The summed E-state index contributed by atoms with van der Waals surface area (Å²) >= 11 is 0. The minimum Gasteiger partial charge on any atom is -0.489 e. The quantitative estimate of drug-likeness (QED) is 0.483. The van der Waals surface area contributed by atoms with Gasteiger partial charge in [-0.25, -0.2) is 4.79 Å². The fraction of sp³-hybridized carbons (Fsp3) is 0.138. The fourth-order valence-electron chi connectivity index (χ4n) is 5.09. The number of carbonyl (C=O) groups excluding carboxylic acids is 1. The molecule has 178 valence electrons.